The summed E-state index contributed by atoms with van der Waals surface area (Å²) in [5.74, 6) is 0. The summed E-state index contributed by atoms with van der Waals surface area (Å²) in [4.78, 5) is 0. The molecule has 1 aromatic heterocycles. The molecule has 0 amide bonds. The van der Waals surface area contributed by atoms with Crippen molar-refractivity contribution in [2.75, 3.05) is 0 Å². The first-order valence-corrected chi connectivity index (χ1v) is 6.81. The van der Waals surface area contributed by atoms with Crippen LogP contribution in [0, 0.1) is 3.95 Å². The van der Waals surface area contributed by atoms with E-state index < -0.39 is 0 Å². The topological polar surface area (TPSA) is 4.93 Å². The molecule has 0 aliphatic rings. The Hall–Kier alpha value is -0.670. The molecule has 16 heavy (non-hydrogen) atoms. The van der Waals surface area contributed by atoms with Crippen LogP contribution in [0.4, 0.5) is 0 Å². The molecular weight excluding hydrogens is 234 g/mol. The second kappa shape index (κ2) is 6.81. The number of thiazole rings is 1. The molecule has 3 heteroatoms. The number of hydrogen-bond donors (Lipinski definition) is 0. The van der Waals surface area contributed by atoms with Crippen LogP contribution in [0.2, 0.25) is 0 Å². The molecule has 0 saturated carbocycles. The maximum atomic E-state index is 5.20. The second-order valence-corrected chi connectivity index (χ2v) is 5.73. The van der Waals surface area contributed by atoms with E-state index in [1.54, 1.807) is 11.3 Å². The van der Waals surface area contributed by atoms with Crippen LogP contribution in [0.25, 0.3) is 0 Å². The summed E-state index contributed by atoms with van der Waals surface area (Å²) in [6.45, 7) is 7.38. The molecule has 0 aromatic carbocycles. The van der Waals surface area contributed by atoms with E-state index in [2.05, 4.69) is 37.5 Å². The highest BCUT2D eigenvalue weighted by Gasteiger charge is 1.92. The first kappa shape index (κ1) is 13.4. The summed E-state index contributed by atoms with van der Waals surface area (Å²) < 4.78 is 3.05. The van der Waals surface area contributed by atoms with Crippen LogP contribution in [-0.4, -0.2) is 4.57 Å². The van der Waals surface area contributed by atoms with Crippen molar-refractivity contribution in [2.45, 2.75) is 40.2 Å². The highest BCUT2D eigenvalue weighted by Crippen LogP contribution is 2.08. The van der Waals surface area contributed by atoms with E-state index in [0.717, 1.165) is 23.3 Å². The van der Waals surface area contributed by atoms with Crippen molar-refractivity contribution in [3.8, 4) is 0 Å². The molecule has 1 aromatic rings. The van der Waals surface area contributed by atoms with Gasteiger partial charge >= 0.3 is 0 Å². The van der Waals surface area contributed by atoms with E-state index in [1.165, 1.54) is 11.1 Å². The van der Waals surface area contributed by atoms with Gasteiger partial charge in [-0.3, -0.25) is 0 Å². The van der Waals surface area contributed by atoms with Gasteiger partial charge in [0.2, 0.25) is 0 Å². The predicted molar refractivity (Wildman–Crippen MR) is 75.6 cm³/mol. The van der Waals surface area contributed by atoms with Crippen LogP contribution in [0.15, 0.2) is 34.9 Å². The fraction of sp³-hybridized carbons (Fsp3) is 0.462. The first-order chi connectivity index (χ1) is 7.59. The molecule has 0 aliphatic carbocycles. The van der Waals surface area contributed by atoms with Gasteiger partial charge in [-0.05, 0) is 45.8 Å². The number of allylic oxidation sites excluding steroid dienone is 4. The van der Waals surface area contributed by atoms with Crippen molar-refractivity contribution in [3.63, 3.8) is 0 Å². The zero-order valence-electron chi connectivity index (χ0n) is 10.2. The summed E-state index contributed by atoms with van der Waals surface area (Å²) in [7, 11) is 0. The lowest BCUT2D eigenvalue weighted by atomic mass is 10.1. The summed E-state index contributed by atoms with van der Waals surface area (Å²) in [5.41, 5.74) is 2.83. The van der Waals surface area contributed by atoms with Gasteiger partial charge in [-0.15, -0.1) is 11.3 Å². The van der Waals surface area contributed by atoms with Crippen LogP contribution in [0.5, 0.6) is 0 Å². The fourth-order valence-corrected chi connectivity index (χ4v) is 2.27. The van der Waals surface area contributed by atoms with Crippen molar-refractivity contribution in [1.82, 2.24) is 4.57 Å². The van der Waals surface area contributed by atoms with Crippen LogP contribution in [0.3, 0.4) is 0 Å². The Morgan fingerprint density at radius 3 is 2.69 bits per heavy atom. The first-order valence-electron chi connectivity index (χ1n) is 5.52. The van der Waals surface area contributed by atoms with E-state index in [1.807, 2.05) is 11.6 Å². The molecule has 0 bridgehead atoms. The normalized spacial score (nSPS) is 11.6. The molecule has 0 radical (unpaired) electrons. The van der Waals surface area contributed by atoms with Crippen molar-refractivity contribution in [1.29, 1.82) is 0 Å². The Morgan fingerprint density at radius 1 is 1.38 bits per heavy atom. The van der Waals surface area contributed by atoms with Crippen LogP contribution in [0.1, 0.15) is 33.6 Å². The highest BCUT2D eigenvalue weighted by molar-refractivity contribution is 7.73. The minimum Gasteiger partial charge on any atom is -0.326 e. The summed E-state index contributed by atoms with van der Waals surface area (Å²) in [6.07, 6.45) is 8.88. The fourth-order valence-electron chi connectivity index (χ4n) is 1.37. The quantitative estimate of drug-likeness (QED) is 0.529. The summed E-state index contributed by atoms with van der Waals surface area (Å²) in [6, 6.07) is 0. The smallest absolute Gasteiger partial charge is 0.161 e. The average Bonchev–Trinajstić information content (AvgIpc) is 2.60. The number of nitrogens with zero attached hydrogens (tertiary/aromatic N) is 1. The Morgan fingerprint density at radius 2 is 2.12 bits per heavy atom. The van der Waals surface area contributed by atoms with E-state index in [0.29, 0.717) is 0 Å². The van der Waals surface area contributed by atoms with Gasteiger partial charge in [0.15, 0.2) is 3.95 Å². The third kappa shape index (κ3) is 4.90. The van der Waals surface area contributed by atoms with Crippen LogP contribution < -0.4 is 0 Å². The van der Waals surface area contributed by atoms with Gasteiger partial charge in [0.1, 0.15) is 0 Å². The Balaban J connectivity index is 2.43. The van der Waals surface area contributed by atoms with Gasteiger partial charge in [-0.2, -0.15) is 0 Å². The van der Waals surface area contributed by atoms with Gasteiger partial charge < -0.3 is 4.57 Å². The summed E-state index contributed by atoms with van der Waals surface area (Å²) >= 11 is 6.82. The van der Waals surface area contributed by atoms with Gasteiger partial charge in [0, 0.05) is 18.1 Å². The molecule has 0 spiro atoms. The maximum absolute atomic E-state index is 5.20. The minimum absolute atomic E-state index is 0.906. The lowest BCUT2D eigenvalue weighted by Crippen LogP contribution is -1.92. The lowest BCUT2D eigenvalue weighted by molar-refractivity contribution is 0.808. The Bertz CT molecular complexity index is 431. The minimum atomic E-state index is 0.906. The summed E-state index contributed by atoms with van der Waals surface area (Å²) in [5, 5.41) is 2.04. The third-order valence-electron chi connectivity index (χ3n) is 2.37. The van der Waals surface area contributed by atoms with Crippen LogP contribution in [-0.2, 0) is 6.54 Å². The van der Waals surface area contributed by atoms with Crippen molar-refractivity contribution in [2.24, 2.45) is 0 Å². The number of rotatable bonds is 5. The molecule has 0 atom stereocenters. The average molecular weight is 253 g/mol. The van der Waals surface area contributed by atoms with Crippen molar-refractivity contribution in [3.05, 3.63) is 38.8 Å². The molecule has 1 rings (SSSR count). The molecule has 0 N–H and O–H groups in total. The van der Waals surface area contributed by atoms with E-state index >= 15 is 0 Å². The standard InChI is InChI=1S/C13H19NS2/c1-11(2)5-4-6-12(3)7-8-14-9-10-16-13(14)15/h5,7,9-10H,4,6,8H2,1-3H3. The van der Waals surface area contributed by atoms with E-state index in [-0.39, 0.29) is 0 Å². The monoisotopic (exact) mass is 253 g/mol. The van der Waals surface area contributed by atoms with Gasteiger partial charge in [0.05, 0.1) is 0 Å². The zero-order chi connectivity index (χ0) is 12.0. The van der Waals surface area contributed by atoms with Gasteiger partial charge in [-0.25, -0.2) is 0 Å². The molecule has 0 fully saturated rings. The van der Waals surface area contributed by atoms with E-state index in [4.69, 9.17) is 12.2 Å². The zero-order valence-corrected chi connectivity index (χ0v) is 11.8. The Labute approximate surface area is 107 Å². The molecule has 88 valence electrons. The molecule has 0 aliphatic heterocycles. The van der Waals surface area contributed by atoms with Crippen molar-refractivity contribution >= 4 is 23.6 Å². The maximum Gasteiger partial charge on any atom is 0.161 e. The molecule has 1 nitrogen and oxygen atoms in total. The molecule has 1 heterocycles. The Kier molecular flexibility index (Phi) is 5.71. The van der Waals surface area contributed by atoms with E-state index in [9.17, 15) is 0 Å². The number of hydrogen-bond acceptors (Lipinski definition) is 2. The molecule has 0 saturated heterocycles. The SMILES string of the molecule is CC(C)=CCCC(C)=CCn1ccsc1=S. The largest absolute Gasteiger partial charge is 0.326 e. The van der Waals surface area contributed by atoms with Crippen molar-refractivity contribution < 1.29 is 0 Å². The van der Waals surface area contributed by atoms with Gasteiger partial charge in [0.25, 0.3) is 0 Å². The second-order valence-electron chi connectivity index (χ2n) is 4.19. The van der Waals surface area contributed by atoms with Gasteiger partial charge in [-0.1, -0.05) is 23.3 Å². The third-order valence-corrected chi connectivity index (χ3v) is 3.59. The number of aromatic nitrogens is 1. The predicted octanol–water partition coefficient (Wildman–Crippen LogP) is 4.97. The van der Waals surface area contributed by atoms with Crippen LogP contribution >= 0.6 is 23.6 Å². The lowest BCUT2D eigenvalue weighted by Gasteiger charge is -2.00. The highest BCUT2D eigenvalue weighted by atomic mass is 32.1. The molecule has 0 unspecified atom stereocenters. The molecular formula is C13H19NS2.